The molecule has 3 aromatic rings. The molecule has 0 aliphatic carbocycles. The lowest BCUT2D eigenvalue weighted by atomic mass is 10.2. The number of carbonyl (C=O) groups excluding carboxylic acids is 1. The minimum Gasteiger partial charge on any atom is -0.454 e. The van der Waals surface area contributed by atoms with Crippen molar-refractivity contribution in [3.63, 3.8) is 0 Å². The molecule has 4 rings (SSSR count). The summed E-state index contributed by atoms with van der Waals surface area (Å²) in [4.78, 5) is 16.6. The van der Waals surface area contributed by atoms with E-state index in [2.05, 4.69) is 15.6 Å². The number of fused-ring (bicyclic) bond motifs is 1. The summed E-state index contributed by atoms with van der Waals surface area (Å²) in [6.07, 6.45) is 3.23. The quantitative estimate of drug-likeness (QED) is 0.737. The van der Waals surface area contributed by atoms with Crippen LogP contribution in [0, 0.1) is 0 Å². The molecule has 0 saturated carbocycles. The first kappa shape index (κ1) is 16.0. The van der Waals surface area contributed by atoms with Crippen LogP contribution in [0.2, 0.25) is 0 Å². The van der Waals surface area contributed by atoms with E-state index in [4.69, 9.17) is 9.47 Å². The number of nitrogens with one attached hydrogen (secondary N) is 2. The van der Waals surface area contributed by atoms with E-state index in [1.165, 1.54) is 6.20 Å². The second-order valence-corrected chi connectivity index (χ2v) is 5.82. The third kappa shape index (κ3) is 3.59. The number of ether oxygens (including phenoxy) is 2. The molecule has 2 aromatic carbocycles. The third-order valence-corrected chi connectivity index (χ3v) is 3.97. The molecule has 1 amide bonds. The number of hydrogen-bond donors (Lipinski definition) is 2. The fourth-order valence-electron chi connectivity index (χ4n) is 2.64. The number of amides is 1. The minimum atomic E-state index is -0.236. The van der Waals surface area contributed by atoms with Gasteiger partial charge in [-0.1, -0.05) is 30.3 Å². The second-order valence-electron chi connectivity index (χ2n) is 5.82. The van der Waals surface area contributed by atoms with E-state index in [1.54, 1.807) is 30.5 Å². The van der Waals surface area contributed by atoms with Crippen molar-refractivity contribution in [2.75, 3.05) is 17.4 Å². The standard InChI is InChI=1S/C20H17N3O3/c24-20(23-16-6-7-18-19(9-16)26-13-25-18)15-8-17(12-21-11-15)22-10-14-4-2-1-3-5-14/h1-9,11-12,22H,10,13H2,(H,23,24). The first-order chi connectivity index (χ1) is 12.8. The average Bonchev–Trinajstić information content (AvgIpc) is 3.15. The van der Waals surface area contributed by atoms with Crippen LogP contribution in [0.15, 0.2) is 67.0 Å². The zero-order valence-electron chi connectivity index (χ0n) is 13.9. The number of hydrogen-bond acceptors (Lipinski definition) is 5. The van der Waals surface area contributed by atoms with Crippen molar-refractivity contribution in [2.45, 2.75) is 6.54 Å². The molecule has 1 aromatic heterocycles. The molecular formula is C20H17N3O3. The van der Waals surface area contributed by atoms with Crippen LogP contribution in [-0.2, 0) is 6.54 Å². The first-order valence-electron chi connectivity index (χ1n) is 8.22. The van der Waals surface area contributed by atoms with Gasteiger partial charge in [-0.2, -0.15) is 0 Å². The normalized spacial score (nSPS) is 11.8. The molecule has 6 nitrogen and oxygen atoms in total. The summed E-state index contributed by atoms with van der Waals surface area (Å²) in [5, 5.41) is 6.12. The van der Waals surface area contributed by atoms with Gasteiger partial charge in [0.05, 0.1) is 11.3 Å². The summed E-state index contributed by atoms with van der Waals surface area (Å²) >= 11 is 0. The summed E-state index contributed by atoms with van der Waals surface area (Å²) in [5.41, 5.74) is 3.05. The van der Waals surface area contributed by atoms with Crippen LogP contribution in [0.25, 0.3) is 0 Å². The van der Waals surface area contributed by atoms with Gasteiger partial charge in [0.25, 0.3) is 5.91 Å². The van der Waals surface area contributed by atoms with Crippen LogP contribution in [0.3, 0.4) is 0 Å². The molecular weight excluding hydrogens is 330 g/mol. The summed E-state index contributed by atoms with van der Waals surface area (Å²) in [7, 11) is 0. The molecule has 0 spiro atoms. The molecule has 2 N–H and O–H groups in total. The van der Waals surface area contributed by atoms with Crippen molar-refractivity contribution in [2.24, 2.45) is 0 Å². The smallest absolute Gasteiger partial charge is 0.257 e. The maximum atomic E-state index is 12.5. The van der Waals surface area contributed by atoms with E-state index in [9.17, 15) is 4.79 Å². The fourth-order valence-corrected chi connectivity index (χ4v) is 2.64. The Morgan fingerprint density at radius 1 is 0.962 bits per heavy atom. The summed E-state index contributed by atoms with van der Waals surface area (Å²) < 4.78 is 10.6. The van der Waals surface area contributed by atoms with Crippen molar-refractivity contribution in [3.8, 4) is 11.5 Å². The predicted octanol–water partition coefficient (Wildman–Crippen LogP) is 3.67. The average molecular weight is 347 g/mol. The number of aromatic nitrogens is 1. The lowest BCUT2D eigenvalue weighted by Crippen LogP contribution is -2.12. The number of pyridine rings is 1. The van der Waals surface area contributed by atoms with Gasteiger partial charge in [0.15, 0.2) is 11.5 Å². The highest BCUT2D eigenvalue weighted by Gasteiger charge is 2.15. The largest absolute Gasteiger partial charge is 0.454 e. The number of nitrogens with zero attached hydrogens (tertiary/aromatic N) is 1. The summed E-state index contributed by atoms with van der Waals surface area (Å²) in [6, 6.07) is 17.1. The highest BCUT2D eigenvalue weighted by Crippen LogP contribution is 2.34. The number of rotatable bonds is 5. The van der Waals surface area contributed by atoms with Crippen molar-refractivity contribution < 1.29 is 14.3 Å². The molecule has 0 atom stereocenters. The topological polar surface area (TPSA) is 72.5 Å². The molecule has 0 unspecified atom stereocenters. The van der Waals surface area contributed by atoms with E-state index in [0.717, 1.165) is 11.3 Å². The molecule has 2 heterocycles. The van der Waals surface area contributed by atoms with E-state index < -0.39 is 0 Å². The Bertz CT molecular complexity index is 929. The summed E-state index contributed by atoms with van der Waals surface area (Å²) in [5.74, 6) is 1.07. The maximum absolute atomic E-state index is 12.5. The molecule has 6 heteroatoms. The Hall–Kier alpha value is -3.54. The molecule has 0 radical (unpaired) electrons. The van der Waals surface area contributed by atoms with Gasteiger partial charge in [0.2, 0.25) is 6.79 Å². The van der Waals surface area contributed by atoms with Crippen molar-refractivity contribution in [3.05, 3.63) is 78.1 Å². The van der Waals surface area contributed by atoms with Crippen LogP contribution in [0.5, 0.6) is 11.5 Å². The predicted molar refractivity (Wildman–Crippen MR) is 98.5 cm³/mol. The van der Waals surface area contributed by atoms with Gasteiger partial charge in [-0.05, 0) is 23.8 Å². The number of anilines is 2. The number of carbonyl (C=O) groups is 1. The highest BCUT2D eigenvalue weighted by molar-refractivity contribution is 6.04. The van der Waals surface area contributed by atoms with Gasteiger partial charge in [-0.15, -0.1) is 0 Å². The third-order valence-electron chi connectivity index (χ3n) is 3.97. The Morgan fingerprint density at radius 2 is 1.81 bits per heavy atom. The monoisotopic (exact) mass is 347 g/mol. The molecule has 0 saturated heterocycles. The zero-order chi connectivity index (χ0) is 17.8. The van der Waals surface area contributed by atoms with Crippen LogP contribution >= 0.6 is 0 Å². The Morgan fingerprint density at radius 3 is 2.69 bits per heavy atom. The molecule has 26 heavy (non-hydrogen) atoms. The SMILES string of the molecule is O=C(Nc1ccc2c(c1)OCO2)c1cncc(NCc2ccccc2)c1. The van der Waals surface area contributed by atoms with Crippen LogP contribution in [0.4, 0.5) is 11.4 Å². The summed E-state index contributed by atoms with van der Waals surface area (Å²) in [6.45, 7) is 0.863. The Kier molecular flexibility index (Phi) is 4.38. The van der Waals surface area contributed by atoms with E-state index in [1.807, 2.05) is 30.3 Å². The van der Waals surface area contributed by atoms with Gasteiger partial charge in [0, 0.05) is 30.7 Å². The lowest BCUT2D eigenvalue weighted by molar-refractivity contribution is 0.102. The van der Waals surface area contributed by atoms with Crippen molar-refractivity contribution in [1.29, 1.82) is 0 Å². The lowest BCUT2D eigenvalue weighted by Gasteiger charge is -2.09. The van der Waals surface area contributed by atoms with Crippen LogP contribution in [0.1, 0.15) is 15.9 Å². The van der Waals surface area contributed by atoms with Crippen molar-refractivity contribution in [1.82, 2.24) is 4.98 Å². The molecule has 130 valence electrons. The second kappa shape index (κ2) is 7.14. The van der Waals surface area contributed by atoms with E-state index in [0.29, 0.717) is 29.3 Å². The first-order valence-corrected chi connectivity index (χ1v) is 8.22. The Balaban J connectivity index is 1.43. The molecule has 1 aliphatic rings. The van der Waals surface area contributed by atoms with Gasteiger partial charge < -0.3 is 20.1 Å². The number of benzene rings is 2. The van der Waals surface area contributed by atoms with E-state index >= 15 is 0 Å². The van der Waals surface area contributed by atoms with Crippen molar-refractivity contribution >= 4 is 17.3 Å². The Labute approximate surface area is 150 Å². The van der Waals surface area contributed by atoms with E-state index in [-0.39, 0.29) is 12.7 Å². The maximum Gasteiger partial charge on any atom is 0.257 e. The molecule has 1 aliphatic heterocycles. The van der Waals surface area contributed by atoms with Gasteiger partial charge >= 0.3 is 0 Å². The van der Waals surface area contributed by atoms with Crippen LogP contribution in [-0.4, -0.2) is 17.7 Å². The molecule has 0 bridgehead atoms. The van der Waals surface area contributed by atoms with Gasteiger partial charge in [-0.25, -0.2) is 0 Å². The fraction of sp³-hybridized carbons (Fsp3) is 0.100. The molecule has 0 fully saturated rings. The highest BCUT2D eigenvalue weighted by atomic mass is 16.7. The van der Waals surface area contributed by atoms with Crippen LogP contribution < -0.4 is 20.1 Å². The zero-order valence-corrected chi connectivity index (χ0v) is 13.9. The minimum absolute atomic E-state index is 0.200. The van der Waals surface area contributed by atoms with Gasteiger partial charge in [0.1, 0.15) is 0 Å². The van der Waals surface area contributed by atoms with Gasteiger partial charge in [-0.3, -0.25) is 9.78 Å².